The van der Waals surface area contributed by atoms with E-state index in [4.69, 9.17) is 5.11 Å². The lowest BCUT2D eigenvalue weighted by atomic mass is 9.96. The van der Waals surface area contributed by atoms with E-state index in [1.165, 1.54) is 23.4 Å². The van der Waals surface area contributed by atoms with Crippen LogP contribution in [0, 0.1) is 12.7 Å². The summed E-state index contributed by atoms with van der Waals surface area (Å²) in [7, 11) is -2.18. The first-order valence-corrected chi connectivity index (χ1v) is 8.70. The molecular weight excluding hydrogens is 293 g/mol. The monoisotopic (exact) mass is 315 g/mol. The lowest BCUT2D eigenvalue weighted by Crippen LogP contribution is -2.38. The minimum absolute atomic E-state index is 0.0241. The third-order valence-corrected chi connectivity index (χ3v) is 6.32. The van der Waals surface area contributed by atoms with Crippen molar-refractivity contribution in [1.82, 2.24) is 4.31 Å². The Kier molecular flexibility index (Phi) is 5.01. The van der Waals surface area contributed by atoms with E-state index >= 15 is 0 Å². The van der Waals surface area contributed by atoms with Crippen LogP contribution in [0.4, 0.5) is 4.39 Å². The van der Waals surface area contributed by atoms with Crippen LogP contribution < -0.4 is 0 Å². The molecule has 1 saturated carbocycles. The molecule has 0 saturated heterocycles. The van der Waals surface area contributed by atoms with Crippen molar-refractivity contribution in [2.75, 3.05) is 7.05 Å². The summed E-state index contributed by atoms with van der Waals surface area (Å²) in [4.78, 5) is -0.0420. The molecule has 1 aromatic carbocycles. The highest BCUT2D eigenvalue weighted by Gasteiger charge is 2.31. The maximum atomic E-state index is 13.9. The van der Waals surface area contributed by atoms with Crippen molar-refractivity contribution >= 4 is 10.0 Å². The highest BCUT2D eigenvalue weighted by molar-refractivity contribution is 7.89. The Morgan fingerprint density at radius 3 is 2.48 bits per heavy atom. The fourth-order valence-corrected chi connectivity index (χ4v) is 4.56. The van der Waals surface area contributed by atoms with Gasteiger partial charge >= 0.3 is 0 Å². The number of nitrogens with zero attached hydrogens (tertiary/aromatic N) is 1. The van der Waals surface area contributed by atoms with E-state index in [1.54, 1.807) is 7.05 Å². The van der Waals surface area contributed by atoms with Crippen LogP contribution in [0.5, 0.6) is 0 Å². The lowest BCUT2D eigenvalue weighted by Gasteiger charge is -2.31. The van der Waals surface area contributed by atoms with E-state index in [0.29, 0.717) is 0 Å². The van der Waals surface area contributed by atoms with Crippen molar-refractivity contribution in [1.29, 1.82) is 0 Å². The Balaban J connectivity index is 2.40. The molecule has 0 atom stereocenters. The summed E-state index contributed by atoms with van der Waals surface area (Å²) in [6, 6.07) is 2.52. The van der Waals surface area contributed by atoms with Gasteiger partial charge in [-0.3, -0.25) is 0 Å². The van der Waals surface area contributed by atoms with Crippen molar-refractivity contribution in [2.45, 2.75) is 56.6 Å². The van der Waals surface area contributed by atoms with Crippen LogP contribution in [0.2, 0.25) is 0 Å². The van der Waals surface area contributed by atoms with Crippen LogP contribution in [0.15, 0.2) is 17.0 Å². The minimum atomic E-state index is -3.74. The zero-order valence-corrected chi connectivity index (χ0v) is 13.3. The number of hydrogen-bond donors (Lipinski definition) is 1. The average Bonchev–Trinajstić information content (AvgIpc) is 2.49. The normalized spacial score (nSPS) is 17.4. The third kappa shape index (κ3) is 3.27. The van der Waals surface area contributed by atoms with Gasteiger partial charge in [0.25, 0.3) is 0 Å². The molecule has 0 amide bonds. The summed E-state index contributed by atoms with van der Waals surface area (Å²) in [6.45, 7) is 1.07. The molecule has 1 N–H and O–H groups in total. The second-order valence-electron chi connectivity index (χ2n) is 5.67. The molecule has 21 heavy (non-hydrogen) atoms. The molecule has 1 aromatic rings. The fourth-order valence-electron chi connectivity index (χ4n) is 2.86. The quantitative estimate of drug-likeness (QED) is 0.929. The molecule has 2 rings (SSSR count). The van der Waals surface area contributed by atoms with Crippen molar-refractivity contribution < 1.29 is 17.9 Å². The second-order valence-corrected chi connectivity index (χ2v) is 7.64. The number of rotatable bonds is 4. The van der Waals surface area contributed by atoms with E-state index in [9.17, 15) is 12.8 Å². The van der Waals surface area contributed by atoms with Crippen molar-refractivity contribution in [2.24, 2.45) is 0 Å². The molecule has 0 aromatic heterocycles. The van der Waals surface area contributed by atoms with Crippen LogP contribution in [0.3, 0.4) is 0 Å². The van der Waals surface area contributed by atoms with Crippen molar-refractivity contribution in [3.8, 4) is 0 Å². The summed E-state index contributed by atoms with van der Waals surface area (Å²) >= 11 is 0. The van der Waals surface area contributed by atoms with Gasteiger partial charge in [0.05, 0.1) is 11.5 Å². The summed E-state index contributed by atoms with van der Waals surface area (Å²) in [5.41, 5.74) is 0.378. The maximum Gasteiger partial charge on any atom is 0.243 e. The molecule has 4 nitrogen and oxygen atoms in total. The molecule has 0 heterocycles. The Hall–Kier alpha value is -0.980. The van der Waals surface area contributed by atoms with Crippen molar-refractivity contribution in [3.63, 3.8) is 0 Å². The SMILES string of the molecule is Cc1c(F)cc(CO)cc1S(=O)(=O)N(C)C1CCCCC1. The second kappa shape index (κ2) is 6.42. The molecule has 1 aliphatic rings. The highest BCUT2D eigenvalue weighted by atomic mass is 32.2. The molecule has 0 bridgehead atoms. The zero-order valence-electron chi connectivity index (χ0n) is 12.5. The maximum absolute atomic E-state index is 13.9. The van der Waals surface area contributed by atoms with Gasteiger partial charge in [0.1, 0.15) is 5.82 Å². The van der Waals surface area contributed by atoms with Crippen LogP contribution >= 0.6 is 0 Å². The number of aliphatic hydroxyl groups excluding tert-OH is 1. The molecular formula is C15H22FNO3S. The van der Waals surface area contributed by atoms with Crippen LogP contribution in [0.25, 0.3) is 0 Å². The number of sulfonamides is 1. The highest BCUT2D eigenvalue weighted by Crippen LogP contribution is 2.29. The van der Waals surface area contributed by atoms with Gasteiger partial charge in [-0.1, -0.05) is 19.3 Å². The predicted octanol–water partition coefficient (Wildman–Crippen LogP) is 2.58. The standard InChI is InChI=1S/C15H22FNO3S/c1-11-14(16)8-12(10-18)9-15(11)21(19,20)17(2)13-6-4-3-5-7-13/h8-9,13,18H,3-7,10H2,1-2H3. The van der Waals surface area contributed by atoms with E-state index in [-0.39, 0.29) is 28.7 Å². The van der Waals surface area contributed by atoms with Gasteiger partial charge in [0.2, 0.25) is 10.0 Å². The molecule has 118 valence electrons. The summed E-state index contributed by atoms with van der Waals surface area (Å²) < 4.78 is 40.7. The van der Waals surface area contributed by atoms with Crippen LogP contribution in [-0.4, -0.2) is 30.9 Å². The molecule has 1 aliphatic carbocycles. The summed E-state index contributed by atoms with van der Waals surface area (Å²) in [6.07, 6.45) is 4.87. The van der Waals surface area contributed by atoms with Gasteiger partial charge in [-0.15, -0.1) is 0 Å². The first-order chi connectivity index (χ1) is 9.87. The lowest BCUT2D eigenvalue weighted by molar-refractivity contribution is 0.280. The van der Waals surface area contributed by atoms with Crippen LogP contribution in [0.1, 0.15) is 43.2 Å². The van der Waals surface area contributed by atoms with E-state index in [1.807, 2.05) is 0 Å². The summed E-state index contributed by atoms with van der Waals surface area (Å²) in [5, 5.41) is 9.16. The van der Waals surface area contributed by atoms with Gasteiger partial charge < -0.3 is 5.11 Å². The van der Waals surface area contributed by atoms with Gasteiger partial charge in [0, 0.05) is 18.7 Å². The molecule has 6 heteroatoms. The van der Waals surface area contributed by atoms with E-state index in [2.05, 4.69) is 0 Å². The Labute approximate surface area is 125 Å². The number of aliphatic hydroxyl groups is 1. The van der Waals surface area contributed by atoms with E-state index in [0.717, 1.165) is 32.1 Å². The smallest absolute Gasteiger partial charge is 0.243 e. The first kappa shape index (κ1) is 16.4. The first-order valence-electron chi connectivity index (χ1n) is 7.26. The predicted molar refractivity (Wildman–Crippen MR) is 78.9 cm³/mol. The molecule has 0 aliphatic heterocycles. The Morgan fingerprint density at radius 2 is 1.90 bits per heavy atom. The van der Waals surface area contributed by atoms with Crippen LogP contribution in [-0.2, 0) is 16.6 Å². The van der Waals surface area contributed by atoms with Gasteiger partial charge in [0.15, 0.2) is 0 Å². The topological polar surface area (TPSA) is 57.6 Å². The largest absolute Gasteiger partial charge is 0.392 e. The minimum Gasteiger partial charge on any atom is -0.392 e. The Bertz CT molecular complexity index is 610. The van der Waals surface area contributed by atoms with Gasteiger partial charge in [-0.25, -0.2) is 12.8 Å². The molecule has 1 fully saturated rings. The van der Waals surface area contributed by atoms with Gasteiger partial charge in [-0.05, 0) is 37.5 Å². The average molecular weight is 315 g/mol. The molecule has 0 radical (unpaired) electrons. The van der Waals surface area contributed by atoms with Crippen molar-refractivity contribution in [3.05, 3.63) is 29.1 Å². The molecule has 0 unspecified atom stereocenters. The number of halogens is 1. The Morgan fingerprint density at radius 1 is 1.29 bits per heavy atom. The van der Waals surface area contributed by atoms with Gasteiger partial charge in [-0.2, -0.15) is 4.31 Å². The number of hydrogen-bond acceptors (Lipinski definition) is 3. The fraction of sp³-hybridized carbons (Fsp3) is 0.600. The molecule has 0 spiro atoms. The third-order valence-electron chi connectivity index (χ3n) is 4.28. The number of benzene rings is 1. The zero-order chi connectivity index (χ0) is 15.6. The summed E-state index contributed by atoms with van der Waals surface area (Å²) in [5.74, 6) is -0.600. The van der Waals surface area contributed by atoms with E-state index < -0.39 is 15.8 Å².